The van der Waals surface area contributed by atoms with Gasteiger partial charge in [-0.25, -0.2) is 0 Å². The topological polar surface area (TPSA) is 81.3 Å². The van der Waals surface area contributed by atoms with Crippen LogP contribution in [-0.2, 0) is 11.3 Å². The van der Waals surface area contributed by atoms with Crippen molar-refractivity contribution in [2.75, 3.05) is 6.54 Å². The second-order valence-corrected chi connectivity index (χ2v) is 7.20. The maximum Gasteiger partial charge on any atom is 0.269 e. The van der Waals surface area contributed by atoms with Crippen molar-refractivity contribution in [2.24, 2.45) is 0 Å². The molecular formula is C21H20N2O4S. The number of amides is 1. The third kappa shape index (κ3) is 4.37. The number of benzene rings is 1. The zero-order chi connectivity index (χ0) is 20.1. The van der Waals surface area contributed by atoms with E-state index >= 15 is 0 Å². The minimum absolute atomic E-state index is 0.151. The van der Waals surface area contributed by atoms with Crippen molar-refractivity contribution in [3.63, 3.8) is 0 Å². The summed E-state index contributed by atoms with van der Waals surface area (Å²) in [5, 5.41) is 2.68. The molecule has 6 nitrogen and oxygen atoms in total. The monoisotopic (exact) mass is 396 g/mol. The van der Waals surface area contributed by atoms with Gasteiger partial charge in [-0.2, -0.15) is 0 Å². The fraction of sp³-hybridized carbons (Fsp3) is 0.190. The van der Waals surface area contributed by atoms with Gasteiger partial charge in [0.2, 0.25) is 11.7 Å². The first kappa shape index (κ1) is 19.6. The zero-order valence-corrected chi connectivity index (χ0v) is 16.4. The number of thiazole rings is 1. The Morgan fingerprint density at radius 1 is 1.21 bits per heavy atom. The summed E-state index contributed by atoms with van der Waals surface area (Å²) in [6.45, 7) is 4.08. The van der Waals surface area contributed by atoms with Gasteiger partial charge in [-0.3, -0.25) is 19.0 Å². The lowest BCUT2D eigenvalue weighted by Gasteiger charge is -2.02. The summed E-state index contributed by atoms with van der Waals surface area (Å²) in [5.74, 6) is -0.474. The molecule has 1 aromatic carbocycles. The molecule has 0 aliphatic rings. The summed E-state index contributed by atoms with van der Waals surface area (Å²) in [4.78, 5) is 37.4. The first-order valence-electron chi connectivity index (χ1n) is 8.83. The average Bonchev–Trinajstić information content (AvgIpc) is 3.29. The van der Waals surface area contributed by atoms with Gasteiger partial charge in [0.15, 0.2) is 5.76 Å². The maximum absolute atomic E-state index is 12.9. The lowest BCUT2D eigenvalue weighted by Crippen LogP contribution is -2.38. The second-order valence-electron chi connectivity index (χ2n) is 6.14. The lowest BCUT2D eigenvalue weighted by molar-refractivity contribution is -0.121. The van der Waals surface area contributed by atoms with E-state index in [1.807, 2.05) is 31.2 Å². The van der Waals surface area contributed by atoms with Crippen LogP contribution in [0.2, 0.25) is 0 Å². The third-order valence-corrected chi connectivity index (χ3v) is 5.17. The number of Topliss-reactive ketones (excluding diaryl/α,β-unsaturated/α-hetero) is 1. The van der Waals surface area contributed by atoms with Crippen LogP contribution in [0.4, 0.5) is 0 Å². The number of nitrogens with zero attached hydrogens (tertiary/aromatic N) is 1. The molecule has 7 heteroatoms. The summed E-state index contributed by atoms with van der Waals surface area (Å²) >= 11 is 1.17. The molecule has 3 rings (SSSR count). The molecular weight excluding hydrogens is 376 g/mol. The summed E-state index contributed by atoms with van der Waals surface area (Å²) in [7, 11) is 0. The largest absolute Gasteiger partial charge is 0.461 e. The number of carbonyl (C=O) groups excluding carboxylic acids is 2. The number of furan rings is 1. The van der Waals surface area contributed by atoms with E-state index in [2.05, 4.69) is 5.32 Å². The summed E-state index contributed by atoms with van der Waals surface area (Å²) in [5.41, 5.74) is 1.63. The quantitative estimate of drug-likeness (QED) is 0.640. The molecule has 0 aliphatic heterocycles. The van der Waals surface area contributed by atoms with Gasteiger partial charge < -0.3 is 9.73 Å². The van der Waals surface area contributed by atoms with Crippen LogP contribution in [-0.4, -0.2) is 22.8 Å². The molecule has 0 spiro atoms. The molecule has 1 amide bonds. The summed E-state index contributed by atoms with van der Waals surface area (Å²) < 4.78 is 7.30. The van der Waals surface area contributed by atoms with E-state index in [9.17, 15) is 14.4 Å². The number of hydrogen-bond donors (Lipinski definition) is 1. The molecule has 0 saturated heterocycles. The van der Waals surface area contributed by atoms with Crippen molar-refractivity contribution >= 4 is 35.2 Å². The predicted molar refractivity (Wildman–Crippen MR) is 109 cm³/mol. The van der Waals surface area contributed by atoms with E-state index < -0.39 is 0 Å². The summed E-state index contributed by atoms with van der Waals surface area (Å²) in [6, 6.07) is 10.9. The Morgan fingerprint density at radius 2 is 2.00 bits per heavy atom. The van der Waals surface area contributed by atoms with E-state index in [1.165, 1.54) is 28.2 Å². The highest BCUT2D eigenvalue weighted by atomic mass is 32.1. The number of ketones is 1. The molecule has 0 fully saturated rings. The highest BCUT2D eigenvalue weighted by Crippen LogP contribution is 2.07. The van der Waals surface area contributed by atoms with Crippen LogP contribution < -0.4 is 20.1 Å². The molecule has 144 valence electrons. The van der Waals surface area contributed by atoms with Gasteiger partial charge in [-0.1, -0.05) is 24.3 Å². The van der Waals surface area contributed by atoms with E-state index in [0.717, 1.165) is 11.1 Å². The fourth-order valence-electron chi connectivity index (χ4n) is 2.68. The first-order chi connectivity index (χ1) is 13.5. The minimum atomic E-state index is -0.363. The van der Waals surface area contributed by atoms with Gasteiger partial charge in [0.1, 0.15) is 11.2 Å². The van der Waals surface area contributed by atoms with Crippen molar-refractivity contribution in [2.45, 2.75) is 20.4 Å². The van der Waals surface area contributed by atoms with Gasteiger partial charge in [0, 0.05) is 12.6 Å². The highest BCUT2D eigenvalue weighted by molar-refractivity contribution is 7.07. The van der Waals surface area contributed by atoms with Crippen LogP contribution >= 0.6 is 11.3 Å². The van der Waals surface area contributed by atoms with Crippen LogP contribution in [0.15, 0.2) is 51.9 Å². The van der Waals surface area contributed by atoms with Crippen LogP contribution in [0, 0.1) is 6.92 Å². The molecule has 0 radical (unpaired) electrons. The van der Waals surface area contributed by atoms with Crippen LogP contribution in [0.1, 0.15) is 28.6 Å². The molecule has 1 N–H and O–H groups in total. The van der Waals surface area contributed by atoms with Gasteiger partial charge in [0.25, 0.3) is 5.56 Å². The smallest absolute Gasteiger partial charge is 0.269 e. The standard InChI is InChI=1S/C21H20N2O4S/c1-3-22-19(25)13-23-20(12-16(24)17-9-6-10-27-17)28-18(21(23)26)11-15-8-5-4-7-14(15)2/h4-12H,3,13H2,1-2H3,(H,22,25). The van der Waals surface area contributed by atoms with E-state index in [0.29, 0.717) is 15.7 Å². The number of hydrogen-bond acceptors (Lipinski definition) is 5. The zero-order valence-electron chi connectivity index (χ0n) is 15.6. The molecule has 2 aromatic heterocycles. The molecule has 3 aromatic rings. The number of rotatable bonds is 6. The number of likely N-dealkylation sites (N-methyl/N-ethyl adjacent to an activating group) is 1. The number of aromatic nitrogens is 1. The van der Waals surface area contributed by atoms with E-state index in [1.54, 1.807) is 25.1 Å². The van der Waals surface area contributed by atoms with Crippen LogP contribution in [0.25, 0.3) is 12.2 Å². The summed E-state index contributed by atoms with van der Waals surface area (Å²) in [6.07, 6.45) is 4.53. The van der Waals surface area contributed by atoms with Crippen molar-refractivity contribution in [1.82, 2.24) is 9.88 Å². The molecule has 2 heterocycles. The Kier molecular flexibility index (Phi) is 6.06. The van der Waals surface area contributed by atoms with Gasteiger partial charge in [-0.05, 0) is 43.2 Å². The Morgan fingerprint density at radius 3 is 2.68 bits per heavy atom. The number of nitrogens with one attached hydrogen (secondary N) is 1. The van der Waals surface area contributed by atoms with E-state index in [-0.39, 0.29) is 29.6 Å². The van der Waals surface area contributed by atoms with Crippen LogP contribution in [0.5, 0.6) is 0 Å². The Bertz CT molecular complexity index is 1170. The SMILES string of the molecule is CCNC(=O)Cn1c(=CC(=O)c2ccco2)sc(=Cc2ccccc2C)c1=O. The van der Waals surface area contributed by atoms with Crippen molar-refractivity contribution in [3.05, 3.63) is 79.1 Å². The molecule has 28 heavy (non-hydrogen) atoms. The number of aryl methyl sites for hydroxylation is 1. The van der Waals surface area contributed by atoms with Crippen molar-refractivity contribution in [3.8, 4) is 0 Å². The number of carbonyl (C=O) groups is 2. The van der Waals surface area contributed by atoms with Gasteiger partial charge in [0.05, 0.1) is 10.8 Å². The highest BCUT2D eigenvalue weighted by Gasteiger charge is 2.12. The van der Waals surface area contributed by atoms with Gasteiger partial charge >= 0.3 is 0 Å². The maximum atomic E-state index is 12.9. The molecule has 0 bridgehead atoms. The molecule has 0 saturated carbocycles. The van der Waals surface area contributed by atoms with Gasteiger partial charge in [-0.15, -0.1) is 11.3 Å². The van der Waals surface area contributed by atoms with Crippen molar-refractivity contribution in [1.29, 1.82) is 0 Å². The Balaban J connectivity index is 2.14. The molecule has 0 unspecified atom stereocenters. The lowest BCUT2D eigenvalue weighted by atomic mass is 10.1. The normalized spacial score (nSPS) is 12.4. The van der Waals surface area contributed by atoms with Crippen molar-refractivity contribution < 1.29 is 14.0 Å². The first-order valence-corrected chi connectivity index (χ1v) is 9.64. The second kappa shape index (κ2) is 8.67. The fourth-order valence-corrected chi connectivity index (χ4v) is 3.71. The Hall–Kier alpha value is -3.19. The third-order valence-electron chi connectivity index (χ3n) is 4.11. The average molecular weight is 396 g/mol. The van der Waals surface area contributed by atoms with E-state index in [4.69, 9.17) is 4.42 Å². The predicted octanol–water partition coefficient (Wildman–Crippen LogP) is 1.44. The minimum Gasteiger partial charge on any atom is -0.461 e. The molecule has 0 atom stereocenters. The van der Waals surface area contributed by atoms with Crippen LogP contribution in [0.3, 0.4) is 0 Å². The molecule has 0 aliphatic carbocycles. The Labute approximate surface area is 165 Å².